The van der Waals surface area contributed by atoms with Crippen LogP contribution in [0, 0.1) is 5.82 Å². The second-order valence-electron chi connectivity index (χ2n) is 9.45. The first-order valence-corrected chi connectivity index (χ1v) is 12.2. The number of aromatic nitrogens is 1. The van der Waals surface area contributed by atoms with Gasteiger partial charge in [0, 0.05) is 61.5 Å². The second-order valence-corrected chi connectivity index (χ2v) is 9.45. The smallest absolute Gasteiger partial charge is 0.255 e. The van der Waals surface area contributed by atoms with Gasteiger partial charge in [-0.25, -0.2) is 4.39 Å². The first kappa shape index (κ1) is 22.3. The Bertz CT molecular complexity index is 1470. The summed E-state index contributed by atoms with van der Waals surface area (Å²) in [5.41, 5.74) is 4.23. The molecule has 0 aliphatic carbocycles. The van der Waals surface area contributed by atoms with E-state index in [9.17, 15) is 14.0 Å². The van der Waals surface area contributed by atoms with Crippen molar-refractivity contribution < 1.29 is 14.0 Å². The van der Waals surface area contributed by atoms with Gasteiger partial charge in [0.2, 0.25) is 5.91 Å². The maximum absolute atomic E-state index is 14.2. The standard InChI is InChI=1S/C29H27FN4O2/c1-31-18-23(20-8-4-6-12-25(20)31)28-21-9-2-3-10-22(21)29(36)34(28)19-27(35)33-16-14-32(15-17-33)26-13-7-5-11-24(26)30/h2-13,18,28H,14-17,19H2,1H3. The van der Waals surface area contributed by atoms with Crippen LogP contribution in [-0.4, -0.2) is 58.9 Å². The molecule has 2 amide bonds. The fourth-order valence-electron chi connectivity index (χ4n) is 5.61. The number of benzene rings is 3. The molecule has 1 aromatic heterocycles. The van der Waals surface area contributed by atoms with E-state index >= 15 is 0 Å². The summed E-state index contributed by atoms with van der Waals surface area (Å²) in [6.45, 7) is 2.07. The zero-order valence-corrected chi connectivity index (χ0v) is 20.1. The second kappa shape index (κ2) is 8.82. The highest BCUT2D eigenvalue weighted by Gasteiger charge is 2.40. The Morgan fingerprint density at radius 1 is 0.889 bits per heavy atom. The number of amides is 2. The molecule has 1 saturated heterocycles. The molecule has 0 radical (unpaired) electrons. The fourth-order valence-corrected chi connectivity index (χ4v) is 5.61. The van der Waals surface area contributed by atoms with Crippen LogP contribution < -0.4 is 4.90 Å². The molecule has 4 aromatic rings. The van der Waals surface area contributed by atoms with E-state index in [1.165, 1.54) is 6.07 Å². The molecule has 2 aliphatic heterocycles. The van der Waals surface area contributed by atoms with Crippen molar-refractivity contribution in [1.82, 2.24) is 14.4 Å². The van der Waals surface area contributed by atoms with Crippen LogP contribution in [0.2, 0.25) is 0 Å². The molecule has 6 nitrogen and oxygen atoms in total. The van der Waals surface area contributed by atoms with Gasteiger partial charge in [-0.05, 0) is 29.8 Å². The van der Waals surface area contributed by atoms with Gasteiger partial charge in [0.1, 0.15) is 12.4 Å². The van der Waals surface area contributed by atoms with Crippen molar-refractivity contribution >= 4 is 28.4 Å². The van der Waals surface area contributed by atoms with E-state index in [1.54, 1.807) is 21.9 Å². The number of piperazine rings is 1. The molecule has 3 aromatic carbocycles. The van der Waals surface area contributed by atoms with E-state index in [-0.39, 0.29) is 30.2 Å². The molecular formula is C29H27FN4O2. The third-order valence-corrected chi connectivity index (χ3v) is 7.41. The molecular weight excluding hydrogens is 455 g/mol. The number of nitrogens with zero attached hydrogens (tertiary/aromatic N) is 4. The maximum Gasteiger partial charge on any atom is 0.255 e. The summed E-state index contributed by atoms with van der Waals surface area (Å²) in [5, 5.41) is 1.07. The van der Waals surface area contributed by atoms with Crippen molar-refractivity contribution in [3.63, 3.8) is 0 Å². The van der Waals surface area contributed by atoms with Gasteiger partial charge in [0.25, 0.3) is 5.91 Å². The van der Waals surface area contributed by atoms with Gasteiger partial charge in [-0.15, -0.1) is 0 Å². The Morgan fingerprint density at radius 2 is 1.58 bits per heavy atom. The van der Waals surface area contributed by atoms with E-state index in [2.05, 4.69) is 22.9 Å². The minimum Gasteiger partial charge on any atom is -0.366 e. The number of anilines is 1. The Balaban J connectivity index is 1.26. The van der Waals surface area contributed by atoms with Gasteiger partial charge in [-0.2, -0.15) is 0 Å². The van der Waals surface area contributed by atoms with Crippen LogP contribution in [0.4, 0.5) is 10.1 Å². The molecule has 36 heavy (non-hydrogen) atoms. The third-order valence-electron chi connectivity index (χ3n) is 7.41. The highest BCUT2D eigenvalue weighted by molar-refractivity contribution is 6.02. The van der Waals surface area contributed by atoms with Crippen LogP contribution in [0.25, 0.3) is 10.9 Å². The minimum atomic E-state index is -0.330. The lowest BCUT2D eigenvalue weighted by Crippen LogP contribution is -2.51. The predicted molar refractivity (Wildman–Crippen MR) is 137 cm³/mol. The number of halogens is 1. The number of hydrogen-bond donors (Lipinski definition) is 0. The molecule has 3 heterocycles. The summed E-state index contributed by atoms with van der Waals surface area (Å²) in [7, 11) is 2.00. The molecule has 182 valence electrons. The Kier molecular flexibility index (Phi) is 5.48. The SMILES string of the molecule is Cn1cc(C2c3ccccc3C(=O)N2CC(=O)N2CCN(c3ccccc3F)CC2)c2ccccc21. The van der Waals surface area contributed by atoms with E-state index < -0.39 is 0 Å². The number of carbonyl (C=O) groups excluding carboxylic acids is 2. The van der Waals surface area contributed by atoms with Crippen LogP contribution in [0.15, 0.2) is 79.0 Å². The van der Waals surface area contributed by atoms with E-state index in [0.29, 0.717) is 37.4 Å². The minimum absolute atomic E-state index is 0.00109. The lowest BCUT2D eigenvalue weighted by atomic mass is 9.97. The zero-order chi connectivity index (χ0) is 24.8. The van der Waals surface area contributed by atoms with Crippen LogP contribution in [0.3, 0.4) is 0 Å². The van der Waals surface area contributed by atoms with E-state index in [4.69, 9.17) is 0 Å². The number of para-hydroxylation sites is 2. The number of aryl methyl sites for hydroxylation is 1. The van der Waals surface area contributed by atoms with Gasteiger partial charge < -0.3 is 19.3 Å². The highest BCUT2D eigenvalue weighted by atomic mass is 19.1. The van der Waals surface area contributed by atoms with Crippen LogP contribution in [0.5, 0.6) is 0 Å². The monoisotopic (exact) mass is 482 g/mol. The lowest BCUT2D eigenvalue weighted by molar-refractivity contribution is -0.132. The molecule has 7 heteroatoms. The summed E-state index contributed by atoms with van der Waals surface area (Å²) in [6.07, 6.45) is 2.06. The summed E-state index contributed by atoms with van der Waals surface area (Å²) in [6, 6.07) is 22.1. The van der Waals surface area contributed by atoms with Crippen LogP contribution in [0.1, 0.15) is 27.5 Å². The predicted octanol–water partition coefficient (Wildman–Crippen LogP) is 4.21. The summed E-state index contributed by atoms with van der Waals surface area (Å²) >= 11 is 0. The van der Waals surface area contributed by atoms with E-state index in [1.807, 2.05) is 54.4 Å². The molecule has 1 fully saturated rings. The first-order valence-electron chi connectivity index (χ1n) is 12.2. The molecule has 0 saturated carbocycles. The van der Waals surface area contributed by atoms with Gasteiger partial charge in [-0.1, -0.05) is 48.5 Å². The summed E-state index contributed by atoms with van der Waals surface area (Å²) in [4.78, 5) is 32.4. The van der Waals surface area contributed by atoms with Crippen molar-refractivity contribution in [1.29, 1.82) is 0 Å². The first-order chi connectivity index (χ1) is 17.5. The van der Waals surface area contributed by atoms with Crippen molar-refractivity contribution in [3.05, 3.63) is 102 Å². The molecule has 1 atom stereocenters. The molecule has 0 N–H and O–H groups in total. The van der Waals surface area contributed by atoms with Crippen LogP contribution >= 0.6 is 0 Å². The Labute approximate surface area is 209 Å². The van der Waals surface area contributed by atoms with Crippen molar-refractivity contribution in [3.8, 4) is 0 Å². The zero-order valence-electron chi connectivity index (χ0n) is 20.1. The van der Waals surface area contributed by atoms with Gasteiger partial charge in [0.05, 0.1) is 11.7 Å². The molecule has 0 bridgehead atoms. The average molecular weight is 483 g/mol. The average Bonchev–Trinajstić information content (AvgIpc) is 3.38. The molecule has 2 aliphatic rings. The van der Waals surface area contributed by atoms with Crippen molar-refractivity contribution in [2.75, 3.05) is 37.6 Å². The third kappa shape index (κ3) is 3.63. The van der Waals surface area contributed by atoms with Crippen molar-refractivity contribution in [2.24, 2.45) is 7.05 Å². The Morgan fingerprint density at radius 3 is 2.39 bits per heavy atom. The van der Waals surface area contributed by atoms with Crippen LogP contribution in [-0.2, 0) is 11.8 Å². The maximum atomic E-state index is 14.2. The summed E-state index contributed by atoms with van der Waals surface area (Å²) in [5.74, 6) is -0.466. The van der Waals surface area contributed by atoms with Gasteiger partial charge in [-0.3, -0.25) is 9.59 Å². The number of fused-ring (bicyclic) bond motifs is 2. The highest BCUT2D eigenvalue weighted by Crippen LogP contribution is 2.41. The Hall–Kier alpha value is -4.13. The number of carbonyl (C=O) groups is 2. The van der Waals surface area contributed by atoms with Gasteiger partial charge in [0.15, 0.2) is 0 Å². The van der Waals surface area contributed by atoms with Gasteiger partial charge >= 0.3 is 0 Å². The lowest BCUT2D eigenvalue weighted by Gasteiger charge is -2.37. The largest absolute Gasteiger partial charge is 0.366 e. The van der Waals surface area contributed by atoms with Crippen molar-refractivity contribution in [2.45, 2.75) is 6.04 Å². The number of hydrogen-bond acceptors (Lipinski definition) is 3. The molecule has 0 spiro atoms. The number of rotatable bonds is 4. The summed E-state index contributed by atoms with van der Waals surface area (Å²) < 4.78 is 16.3. The normalized spacial score (nSPS) is 17.7. The topological polar surface area (TPSA) is 48.8 Å². The fraction of sp³-hybridized carbons (Fsp3) is 0.241. The van der Waals surface area contributed by atoms with E-state index in [0.717, 1.165) is 22.0 Å². The molecule has 1 unspecified atom stereocenters. The quantitative estimate of drug-likeness (QED) is 0.438. The molecule has 6 rings (SSSR count).